The standard InChI is InChI=1S/C14H11F6NO2/c1-14(2)5(3-7(15)16)8(14)13(22)23-4-6-9(17)10(18)11(19)12(20)21-6/h3,5,8H,4H2,1-2H3. The van der Waals surface area contributed by atoms with E-state index in [-0.39, 0.29) is 0 Å². The van der Waals surface area contributed by atoms with Crippen LogP contribution in [0.5, 0.6) is 0 Å². The van der Waals surface area contributed by atoms with Crippen LogP contribution < -0.4 is 0 Å². The van der Waals surface area contributed by atoms with Crippen molar-refractivity contribution in [2.45, 2.75) is 20.5 Å². The van der Waals surface area contributed by atoms with E-state index >= 15 is 0 Å². The van der Waals surface area contributed by atoms with E-state index in [4.69, 9.17) is 0 Å². The highest BCUT2D eigenvalue weighted by molar-refractivity contribution is 5.78. The van der Waals surface area contributed by atoms with Crippen molar-refractivity contribution in [3.8, 4) is 0 Å². The Balaban J connectivity index is 2.08. The van der Waals surface area contributed by atoms with Gasteiger partial charge in [-0.15, -0.1) is 0 Å². The number of rotatable bonds is 4. The van der Waals surface area contributed by atoms with E-state index in [1.165, 1.54) is 0 Å². The van der Waals surface area contributed by atoms with Crippen molar-refractivity contribution in [2.24, 2.45) is 17.3 Å². The minimum Gasteiger partial charge on any atom is -0.459 e. The van der Waals surface area contributed by atoms with Gasteiger partial charge in [0.05, 0.1) is 5.92 Å². The molecular formula is C14H11F6NO2. The number of allylic oxidation sites excluding steroid dienone is 1. The molecule has 2 atom stereocenters. The molecule has 2 unspecified atom stereocenters. The lowest BCUT2D eigenvalue weighted by molar-refractivity contribution is -0.147. The molecule has 3 nitrogen and oxygen atoms in total. The highest BCUT2D eigenvalue weighted by Gasteiger charge is 2.62. The number of aromatic nitrogens is 1. The van der Waals surface area contributed by atoms with Crippen LogP contribution >= 0.6 is 0 Å². The van der Waals surface area contributed by atoms with Crippen LogP contribution in [-0.4, -0.2) is 11.0 Å². The second kappa shape index (κ2) is 5.86. The van der Waals surface area contributed by atoms with E-state index in [1.807, 2.05) is 0 Å². The van der Waals surface area contributed by atoms with Gasteiger partial charge < -0.3 is 4.74 Å². The van der Waals surface area contributed by atoms with Crippen LogP contribution in [0, 0.1) is 40.7 Å². The highest BCUT2D eigenvalue weighted by atomic mass is 19.3. The summed E-state index contributed by atoms with van der Waals surface area (Å²) in [5.74, 6) is -10.4. The van der Waals surface area contributed by atoms with E-state index in [0.717, 1.165) is 0 Å². The van der Waals surface area contributed by atoms with Crippen molar-refractivity contribution in [1.29, 1.82) is 0 Å². The summed E-state index contributed by atoms with van der Waals surface area (Å²) in [7, 11) is 0. The fraction of sp³-hybridized carbons (Fsp3) is 0.429. The number of hydrogen-bond donors (Lipinski definition) is 0. The third kappa shape index (κ3) is 3.18. The van der Waals surface area contributed by atoms with E-state index in [1.54, 1.807) is 13.8 Å². The maximum Gasteiger partial charge on any atom is 0.310 e. The van der Waals surface area contributed by atoms with Gasteiger partial charge in [-0.25, -0.2) is 13.8 Å². The molecule has 0 amide bonds. The molecule has 0 saturated heterocycles. The van der Waals surface area contributed by atoms with Crippen LogP contribution in [0.25, 0.3) is 0 Å². The topological polar surface area (TPSA) is 39.2 Å². The first kappa shape index (κ1) is 17.3. The van der Waals surface area contributed by atoms with Gasteiger partial charge in [0.2, 0.25) is 11.6 Å². The second-order valence-corrected chi connectivity index (χ2v) is 5.68. The van der Waals surface area contributed by atoms with Gasteiger partial charge in [0.15, 0.2) is 5.82 Å². The minimum absolute atomic E-state index is 0.613. The van der Waals surface area contributed by atoms with Crippen molar-refractivity contribution < 1.29 is 35.9 Å². The summed E-state index contributed by atoms with van der Waals surface area (Å²) >= 11 is 0. The molecule has 1 aromatic rings. The van der Waals surface area contributed by atoms with Crippen LogP contribution in [0.3, 0.4) is 0 Å². The Morgan fingerprint density at radius 2 is 1.78 bits per heavy atom. The SMILES string of the molecule is CC1(C)C(C=C(F)F)C1C(=O)OCc1nc(F)c(F)c(F)c1F. The molecular weight excluding hydrogens is 328 g/mol. The number of nitrogens with zero attached hydrogens (tertiary/aromatic N) is 1. The molecule has 1 heterocycles. The summed E-state index contributed by atoms with van der Waals surface area (Å²) in [6.45, 7) is 2.16. The molecule has 0 spiro atoms. The average molecular weight is 339 g/mol. The molecule has 0 aromatic carbocycles. The van der Waals surface area contributed by atoms with Crippen molar-refractivity contribution >= 4 is 5.97 Å². The smallest absolute Gasteiger partial charge is 0.310 e. The Hall–Kier alpha value is -2.06. The van der Waals surface area contributed by atoms with Gasteiger partial charge in [-0.1, -0.05) is 13.8 Å². The van der Waals surface area contributed by atoms with Gasteiger partial charge in [0, 0.05) is 5.92 Å². The molecule has 1 aliphatic rings. The summed E-state index contributed by atoms with van der Waals surface area (Å²) in [5.41, 5.74) is -1.72. The lowest BCUT2D eigenvalue weighted by atomic mass is 10.1. The van der Waals surface area contributed by atoms with Crippen LogP contribution in [0.2, 0.25) is 0 Å². The Bertz CT molecular complexity index is 684. The van der Waals surface area contributed by atoms with Crippen LogP contribution in [0.1, 0.15) is 19.5 Å². The van der Waals surface area contributed by atoms with Gasteiger partial charge in [-0.2, -0.15) is 17.6 Å². The molecule has 1 fully saturated rings. The Kier molecular flexibility index (Phi) is 4.41. The average Bonchev–Trinajstić information content (AvgIpc) is 2.99. The van der Waals surface area contributed by atoms with E-state index in [9.17, 15) is 31.1 Å². The summed E-state index contributed by atoms with van der Waals surface area (Å²) in [6, 6.07) is 0. The van der Waals surface area contributed by atoms with E-state index in [2.05, 4.69) is 9.72 Å². The van der Waals surface area contributed by atoms with Crippen molar-refractivity contribution in [2.75, 3.05) is 0 Å². The predicted molar refractivity (Wildman–Crippen MR) is 64.9 cm³/mol. The molecule has 9 heteroatoms. The lowest BCUT2D eigenvalue weighted by Crippen LogP contribution is -2.14. The largest absolute Gasteiger partial charge is 0.459 e. The first-order valence-corrected chi connectivity index (χ1v) is 6.45. The van der Waals surface area contributed by atoms with Crippen LogP contribution in [0.4, 0.5) is 26.3 Å². The van der Waals surface area contributed by atoms with Gasteiger partial charge in [0.1, 0.15) is 12.3 Å². The van der Waals surface area contributed by atoms with Crippen molar-refractivity contribution in [3.63, 3.8) is 0 Å². The number of carbonyl (C=O) groups excluding carboxylic acids is 1. The Morgan fingerprint density at radius 3 is 2.35 bits per heavy atom. The fourth-order valence-electron chi connectivity index (χ4n) is 2.43. The molecule has 0 radical (unpaired) electrons. The van der Waals surface area contributed by atoms with Gasteiger partial charge in [-0.3, -0.25) is 4.79 Å². The first-order valence-electron chi connectivity index (χ1n) is 6.45. The number of halogens is 6. The quantitative estimate of drug-likeness (QED) is 0.477. The predicted octanol–water partition coefficient (Wildman–Crippen LogP) is 3.73. The molecule has 0 N–H and O–H groups in total. The zero-order valence-electron chi connectivity index (χ0n) is 12.0. The van der Waals surface area contributed by atoms with Gasteiger partial charge in [0.25, 0.3) is 12.0 Å². The molecule has 0 aliphatic heterocycles. The third-order valence-corrected chi connectivity index (χ3v) is 3.87. The third-order valence-electron chi connectivity index (χ3n) is 3.87. The maximum absolute atomic E-state index is 13.4. The number of ether oxygens (including phenoxy) is 1. The van der Waals surface area contributed by atoms with Crippen molar-refractivity contribution in [1.82, 2.24) is 4.98 Å². The zero-order chi connectivity index (χ0) is 17.5. The van der Waals surface area contributed by atoms with Gasteiger partial charge >= 0.3 is 5.97 Å². The minimum atomic E-state index is -2.08. The highest BCUT2D eigenvalue weighted by Crippen LogP contribution is 2.60. The Morgan fingerprint density at radius 1 is 1.17 bits per heavy atom. The first-order chi connectivity index (χ1) is 10.6. The molecule has 2 rings (SSSR count). The summed E-state index contributed by atoms with van der Waals surface area (Å²) < 4.78 is 81.2. The molecule has 1 aliphatic carbocycles. The normalized spacial score (nSPS) is 21.7. The summed E-state index contributed by atoms with van der Waals surface area (Å²) in [4.78, 5) is 14.6. The zero-order valence-corrected chi connectivity index (χ0v) is 12.0. The van der Waals surface area contributed by atoms with Crippen LogP contribution in [0.15, 0.2) is 12.2 Å². The fourth-order valence-corrected chi connectivity index (χ4v) is 2.43. The van der Waals surface area contributed by atoms with E-state index < -0.39 is 65.0 Å². The van der Waals surface area contributed by atoms with Crippen molar-refractivity contribution in [3.05, 3.63) is 41.2 Å². The maximum atomic E-state index is 13.4. The van der Waals surface area contributed by atoms with E-state index in [0.29, 0.717) is 6.08 Å². The van der Waals surface area contributed by atoms with Crippen LogP contribution in [-0.2, 0) is 16.1 Å². The second-order valence-electron chi connectivity index (χ2n) is 5.68. The van der Waals surface area contributed by atoms with Gasteiger partial charge in [-0.05, 0) is 11.5 Å². The number of pyridine rings is 1. The summed E-state index contributed by atoms with van der Waals surface area (Å²) in [5, 5.41) is 0. The molecule has 126 valence electrons. The molecule has 0 bridgehead atoms. The lowest BCUT2D eigenvalue weighted by Gasteiger charge is -2.07. The summed E-state index contributed by atoms with van der Waals surface area (Å²) in [6.07, 6.45) is -1.34. The molecule has 1 aromatic heterocycles. The monoisotopic (exact) mass is 339 g/mol. The Labute approximate surface area is 127 Å². The molecule has 1 saturated carbocycles. The number of esters is 1. The number of hydrogen-bond acceptors (Lipinski definition) is 3. The molecule has 23 heavy (non-hydrogen) atoms. The number of carbonyl (C=O) groups is 1.